The second-order valence-electron chi connectivity index (χ2n) is 6.32. The van der Waals surface area contributed by atoms with Crippen LogP contribution in [0.3, 0.4) is 0 Å². The molecule has 0 atom stereocenters. The Morgan fingerprint density at radius 3 is 2.81 bits per heavy atom. The Hall–Kier alpha value is -2.03. The van der Waals surface area contributed by atoms with Crippen LogP contribution in [0.25, 0.3) is 0 Å². The van der Waals surface area contributed by atoms with E-state index in [1.807, 2.05) is 25.1 Å². The summed E-state index contributed by atoms with van der Waals surface area (Å²) in [4.78, 5) is 0. The number of nitrogens with one attached hydrogen (secondary N) is 1. The Balaban J connectivity index is 1.74. The average Bonchev–Trinajstić information content (AvgIpc) is 2.72. The number of hydrogen-bond donors (Lipinski definition) is 1. The highest BCUT2D eigenvalue weighted by molar-refractivity contribution is 5.48. The predicted molar refractivity (Wildman–Crippen MR) is 83.3 cm³/mol. The Kier molecular flexibility index (Phi) is 3.36. The highest BCUT2D eigenvalue weighted by atomic mass is 19.1. The lowest BCUT2D eigenvalue weighted by Crippen LogP contribution is -2.24. The third kappa shape index (κ3) is 3.02. The lowest BCUT2D eigenvalue weighted by atomic mass is 10.0. The molecule has 2 aromatic carbocycles. The molecule has 2 nitrogen and oxygen atoms in total. The molecule has 1 aliphatic heterocycles. The third-order valence-electron chi connectivity index (χ3n) is 3.73. The van der Waals surface area contributed by atoms with Gasteiger partial charge in [0.2, 0.25) is 0 Å². The van der Waals surface area contributed by atoms with Crippen LogP contribution in [0.2, 0.25) is 0 Å². The van der Waals surface area contributed by atoms with Crippen LogP contribution in [-0.4, -0.2) is 5.60 Å². The standard InChI is InChI=1S/C18H20FNO/c1-12-4-6-15(19)16(8-12)20-11-13-5-7-17-14(9-13)10-18(2,3)21-17/h4-9,20H,10-11H2,1-3H3. The molecule has 3 heteroatoms. The van der Waals surface area contributed by atoms with E-state index in [4.69, 9.17) is 4.74 Å². The molecular weight excluding hydrogens is 265 g/mol. The normalized spacial score (nSPS) is 15.4. The molecule has 0 unspecified atom stereocenters. The molecule has 0 amide bonds. The van der Waals surface area contributed by atoms with E-state index in [9.17, 15) is 4.39 Å². The van der Waals surface area contributed by atoms with E-state index in [2.05, 4.69) is 25.2 Å². The number of halogens is 1. The van der Waals surface area contributed by atoms with Gasteiger partial charge < -0.3 is 10.1 Å². The van der Waals surface area contributed by atoms with Gasteiger partial charge >= 0.3 is 0 Å². The van der Waals surface area contributed by atoms with E-state index in [0.717, 1.165) is 23.3 Å². The van der Waals surface area contributed by atoms with E-state index < -0.39 is 0 Å². The minimum Gasteiger partial charge on any atom is -0.487 e. The molecule has 0 aromatic heterocycles. The fourth-order valence-corrected chi connectivity index (χ4v) is 2.74. The van der Waals surface area contributed by atoms with Gasteiger partial charge in [0.1, 0.15) is 17.2 Å². The summed E-state index contributed by atoms with van der Waals surface area (Å²) in [6.07, 6.45) is 0.912. The summed E-state index contributed by atoms with van der Waals surface area (Å²) < 4.78 is 19.6. The second-order valence-corrected chi connectivity index (χ2v) is 6.32. The van der Waals surface area contributed by atoms with Crippen LogP contribution in [0.5, 0.6) is 5.75 Å². The van der Waals surface area contributed by atoms with Crippen LogP contribution in [0.15, 0.2) is 36.4 Å². The quantitative estimate of drug-likeness (QED) is 0.899. The van der Waals surface area contributed by atoms with Gasteiger partial charge in [0, 0.05) is 13.0 Å². The Morgan fingerprint density at radius 1 is 1.19 bits per heavy atom. The van der Waals surface area contributed by atoms with Crippen molar-refractivity contribution in [2.75, 3.05) is 5.32 Å². The van der Waals surface area contributed by atoms with Crippen molar-refractivity contribution in [2.24, 2.45) is 0 Å². The summed E-state index contributed by atoms with van der Waals surface area (Å²) in [5.41, 5.74) is 3.83. The molecule has 2 aromatic rings. The monoisotopic (exact) mass is 285 g/mol. The molecule has 1 aliphatic rings. The molecule has 3 rings (SSSR count). The molecule has 1 N–H and O–H groups in total. The van der Waals surface area contributed by atoms with Gasteiger partial charge in [-0.15, -0.1) is 0 Å². The van der Waals surface area contributed by atoms with Crippen molar-refractivity contribution in [3.63, 3.8) is 0 Å². The SMILES string of the molecule is Cc1ccc(F)c(NCc2ccc3c(c2)CC(C)(C)O3)c1. The van der Waals surface area contributed by atoms with Crippen molar-refractivity contribution in [1.29, 1.82) is 0 Å². The Morgan fingerprint density at radius 2 is 2.00 bits per heavy atom. The molecular formula is C18H20FNO. The smallest absolute Gasteiger partial charge is 0.146 e. The molecule has 1 heterocycles. The number of hydrogen-bond acceptors (Lipinski definition) is 2. The summed E-state index contributed by atoms with van der Waals surface area (Å²) in [6, 6.07) is 11.3. The minimum absolute atomic E-state index is 0.128. The number of ether oxygens (including phenoxy) is 1. The summed E-state index contributed by atoms with van der Waals surface area (Å²) >= 11 is 0. The summed E-state index contributed by atoms with van der Waals surface area (Å²) in [5.74, 6) is 0.747. The maximum atomic E-state index is 13.7. The molecule has 0 radical (unpaired) electrons. The van der Waals surface area contributed by atoms with Crippen molar-refractivity contribution >= 4 is 5.69 Å². The van der Waals surface area contributed by atoms with Gasteiger partial charge in [0.25, 0.3) is 0 Å². The van der Waals surface area contributed by atoms with Gasteiger partial charge in [-0.25, -0.2) is 4.39 Å². The number of anilines is 1. The maximum Gasteiger partial charge on any atom is 0.146 e. The lowest BCUT2D eigenvalue weighted by molar-refractivity contribution is 0.138. The van der Waals surface area contributed by atoms with Crippen molar-refractivity contribution in [3.05, 3.63) is 58.9 Å². The number of rotatable bonds is 3. The summed E-state index contributed by atoms with van der Waals surface area (Å²) in [7, 11) is 0. The fraction of sp³-hybridized carbons (Fsp3) is 0.333. The molecule has 0 saturated carbocycles. The van der Waals surface area contributed by atoms with Crippen molar-refractivity contribution in [3.8, 4) is 5.75 Å². The fourth-order valence-electron chi connectivity index (χ4n) is 2.74. The molecule has 0 saturated heterocycles. The molecule has 110 valence electrons. The van der Waals surface area contributed by atoms with Crippen LogP contribution >= 0.6 is 0 Å². The van der Waals surface area contributed by atoms with E-state index in [0.29, 0.717) is 12.2 Å². The van der Waals surface area contributed by atoms with Gasteiger partial charge in [0.15, 0.2) is 0 Å². The van der Waals surface area contributed by atoms with Gasteiger partial charge in [-0.1, -0.05) is 18.2 Å². The highest BCUT2D eigenvalue weighted by Crippen LogP contribution is 2.35. The van der Waals surface area contributed by atoms with E-state index in [-0.39, 0.29) is 11.4 Å². The van der Waals surface area contributed by atoms with Gasteiger partial charge in [-0.3, -0.25) is 0 Å². The zero-order valence-electron chi connectivity index (χ0n) is 12.7. The largest absolute Gasteiger partial charge is 0.487 e. The van der Waals surface area contributed by atoms with E-state index in [1.165, 1.54) is 11.6 Å². The van der Waals surface area contributed by atoms with Gasteiger partial charge in [-0.05, 0) is 55.7 Å². The first kappa shape index (κ1) is 13.9. The van der Waals surface area contributed by atoms with Crippen LogP contribution in [0.1, 0.15) is 30.5 Å². The van der Waals surface area contributed by atoms with E-state index >= 15 is 0 Å². The molecule has 0 aliphatic carbocycles. The summed E-state index contributed by atoms with van der Waals surface area (Å²) in [6.45, 7) is 6.74. The van der Waals surface area contributed by atoms with Crippen molar-refractivity contribution in [2.45, 2.75) is 39.3 Å². The van der Waals surface area contributed by atoms with Gasteiger partial charge in [-0.2, -0.15) is 0 Å². The number of aryl methyl sites for hydroxylation is 1. The highest BCUT2D eigenvalue weighted by Gasteiger charge is 2.29. The first-order valence-electron chi connectivity index (χ1n) is 7.24. The van der Waals surface area contributed by atoms with Crippen molar-refractivity contribution in [1.82, 2.24) is 0 Å². The topological polar surface area (TPSA) is 21.3 Å². The van der Waals surface area contributed by atoms with Crippen LogP contribution < -0.4 is 10.1 Å². The average molecular weight is 285 g/mol. The summed E-state index contributed by atoms with van der Waals surface area (Å²) in [5, 5.41) is 3.17. The molecule has 0 bridgehead atoms. The Labute approximate surface area is 125 Å². The van der Waals surface area contributed by atoms with Crippen molar-refractivity contribution < 1.29 is 9.13 Å². The number of benzene rings is 2. The lowest BCUT2D eigenvalue weighted by Gasteiger charge is -2.16. The number of fused-ring (bicyclic) bond motifs is 1. The van der Waals surface area contributed by atoms with E-state index in [1.54, 1.807) is 6.07 Å². The molecule has 21 heavy (non-hydrogen) atoms. The predicted octanol–water partition coefficient (Wildman–Crippen LogP) is 4.46. The zero-order chi connectivity index (χ0) is 15.0. The molecule has 0 spiro atoms. The maximum absolute atomic E-state index is 13.7. The first-order chi connectivity index (χ1) is 9.93. The van der Waals surface area contributed by atoms with Crippen LogP contribution in [0, 0.1) is 12.7 Å². The van der Waals surface area contributed by atoms with Crippen LogP contribution in [-0.2, 0) is 13.0 Å². The Bertz CT molecular complexity index is 679. The van der Waals surface area contributed by atoms with Gasteiger partial charge in [0.05, 0.1) is 5.69 Å². The third-order valence-corrected chi connectivity index (χ3v) is 3.73. The molecule has 0 fully saturated rings. The van der Waals surface area contributed by atoms with Crippen LogP contribution in [0.4, 0.5) is 10.1 Å². The second kappa shape index (κ2) is 5.06. The zero-order valence-corrected chi connectivity index (χ0v) is 12.7. The first-order valence-corrected chi connectivity index (χ1v) is 7.24. The minimum atomic E-state index is -0.216.